The highest BCUT2D eigenvalue weighted by Gasteiger charge is 2.10. The van der Waals surface area contributed by atoms with Crippen molar-refractivity contribution in [3.8, 4) is 23.0 Å². The number of esters is 1. The van der Waals surface area contributed by atoms with Gasteiger partial charge in [0.15, 0.2) is 0 Å². The maximum atomic E-state index is 12.5. The Morgan fingerprint density at radius 3 is 2.63 bits per heavy atom. The molecule has 0 radical (unpaired) electrons. The number of benzene rings is 2. The van der Waals surface area contributed by atoms with Crippen LogP contribution in [0.15, 0.2) is 63.8 Å². The van der Waals surface area contributed by atoms with Crippen molar-refractivity contribution >= 4 is 28.0 Å². The number of hydrogen-bond acceptors (Lipinski definition) is 6. The molecule has 0 unspecified atom stereocenters. The fourth-order valence-corrected chi connectivity index (χ4v) is 2.50. The van der Waals surface area contributed by atoms with Crippen molar-refractivity contribution in [1.82, 2.24) is 10.2 Å². The molecule has 0 bridgehead atoms. The Balaban J connectivity index is 1.68. The third-order valence-corrected chi connectivity index (χ3v) is 3.76. The van der Waals surface area contributed by atoms with Crippen LogP contribution in [-0.2, 0) is 4.79 Å². The van der Waals surface area contributed by atoms with Crippen LogP contribution in [0.1, 0.15) is 5.56 Å². The van der Waals surface area contributed by atoms with E-state index in [4.69, 9.17) is 9.15 Å². The topological polar surface area (TPSA) is 74.5 Å². The van der Waals surface area contributed by atoms with Crippen molar-refractivity contribution in [2.75, 3.05) is 0 Å². The summed E-state index contributed by atoms with van der Waals surface area (Å²) in [4.78, 5) is 12.0. The highest BCUT2D eigenvalue weighted by molar-refractivity contribution is 9.10. The Hall–Kier alpha value is -3.07. The van der Waals surface area contributed by atoms with Crippen molar-refractivity contribution in [1.29, 1.82) is 0 Å². The summed E-state index contributed by atoms with van der Waals surface area (Å²) in [5.74, 6) is -0.0927. The van der Waals surface area contributed by atoms with Gasteiger partial charge in [-0.15, -0.1) is 10.2 Å². The zero-order valence-electron chi connectivity index (χ0n) is 13.5. The lowest BCUT2D eigenvalue weighted by Crippen LogP contribution is -2.05. The Morgan fingerprint density at radius 2 is 1.96 bits per heavy atom. The summed E-state index contributed by atoms with van der Waals surface area (Å²) in [5, 5.41) is 7.35. The molecular weight excluding hydrogens is 426 g/mol. The highest BCUT2D eigenvalue weighted by atomic mass is 79.9. The molecule has 2 aromatic carbocycles. The minimum absolute atomic E-state index is 0.0545. The summed E-state index contributed by atoms with van der Waals surface area (Å²) in [7, 11) is 0. The largest absolute Gasteiger partial charge is 0.434 e. The first-order chi connectivity index (χ1) is 13.0. The van der Waals surface area contributed by atoms with Gasteiger partial charge in [0.05, 0.1) is 0 Å². The average molecular weight is 437 g/mol. The zero-order valence-corrected chi connectivity index (χ0v) is 15.1. The molecule has 27 heavy (non-hydrogen) atoms. The molecule has 0 spiro atoms. The predicted octanol–water partition coefficient (Wildman–Crippen LogP) is 4.72. The molecule has 0 N–H and O–H groups in total. The number of rotatable bonds is 6. The normalized spacial score (nSPS) is 11.1. The molecule has 3 aromatic rings. The lowest BCUT2D eigenvalue weighted by atomic mass is 10.2. The van der Waals surface area contributed by atoms with E-state index in [-0.39, 0.29) is 5.75 Å². The first-order valence-electron chi connectivity index (χ1n) is 7.52. The number of halogens is 3. The summed E-state index contributed by atoms with van der Waals surface area (Å²) in [6, 6.07) is 10.9. The summed E-state index contributed by atoms with van der Waals surface area (Å²) in [6.07, 6.45) is 3.66. The molecule has 0 aliphatic rings. The molecule has 1 heterocycles. The molecule has 0 fully saturated rings. The van der Waals surface area contributed by atoms with Crippen LogP contribution in [0, 0.1) is 0 Å². The maximum Gasteiger partial charge on any atom is 0.387 e. The smallest absolute Gasteiger partial charge is 0.387 e. The number of carbonyl (C=O) groups excluding carboxylic acids is 1. The highest BCUT2D eigenvalue weighted by Crippen LogP contribution is 2.26. The Kier molecular flexibility index (Phi) is 5.92. The zero-order chi connectivity index (χ0) is 19.2. The lowest BCUT2D eigenvalue weighted by molar-refractivity contribution is -0.128. The van der Waals surface area contributed by atoms with Crippen molar-refractivity contribution in [3.05, 3.63) is 65.0 Å². The van der Waals surface area contributed by atoms with Crippen LogP contribution in [0.4, 0.5) is 8.78 Å². The molecule has 0 saturated heterocycles. The van der Waals surface area contributed by atoms with Gasteiger partial charge in [0, 0.05) is 21.7 Å². The summed E-state index contributed by atoms with van der Waals surface area (Å²) in [5.41, 5.74) is 0.971. The van der Waals surface area contributed by atoms with E-state index in [0.29, 0.717) is 27.2 Å². The van der Waals surface area contributed by atoms with Gasteiger partial charge in [0.1, 0.15) is 11.5 Å². The van der Waals surface area contributed by atoms with Crippen LogP contribution in [-0.4, -0.2) is 22.8 Å². The fourth-order valence-electron chi connectivity index (χ4n) is 2.13. The van der Waals surface area contributed by atoms with E-state index in [2.05, 4.69) is 30.9 Å². The van der Waals surface area contributed by atoms with Gasteiger partial charge in [0.2, 0.25) is 12.3 Å². The summed E-state index contributed by atoms with van der Waals surface area (Å²) in [6.45, 7) is -2.97. The van der Waals surface area contributed by atoms with Gasteiger partial charge in [-0.2, -0.15) is 8.78 Å². The van der Waals surface area contributed by atoms with Crippen molar-refractivity contribution < 1.29 is 27.5 Å². The van der Waals surface area contributed by atoms with Gasteiger partial charge in [-0.25, -0.2) is 4.79 Å². The first-order valence-corrected chi connectivity index (χ1v) is 8.31. The van der Waals surface area contributed by atoms with Crippen LogP contribution in [0.5, 0.6) is 11.5 Å². The molecule has 0 saturated carbocycles. The van der Waals surface area contributed by atoms with Crippen molar-refractivity contribution in [2.24, 2.45) is 0 Å². The Bertz CT molecular complexity index is 945. The molecule has 0 aliphatic carbocycles. The van der Waals surface area contributed by atoms with Crippen LogP contribution < -0.4 is 9.47 Å². The summed E-state index contributed by atoms with van der Waals surface area (Å²) < 4.78 is 40.2. The SMILES string of the molecule is O=C(/C=C/c1cc(Br)ccc1OC(F)F)Oc1ccc(-c2nnco2)cc1. The van der Waals surface area contributed by atoms with Gasteiger partial charge in [-0.3, -0.25) is 0 Å². The van der Waals surface area contributed by atoms with Gasteiger partial charge >= 0.3 is 12.6 Å². The Morgan fingerprint density at radius 1 is 1.19 bits per heavy atom. The van der Waals surface area contributed by atoms with Crippen LogP contribution in [0.25, 0.3) is 17.5 Å². The van der Waals surface area contributed by atoms with E-state index < -0.39 is 12.6 Å². The van der Waals surface area contributed by atoms with E-state index in [1.165, 1.54) is 18.5 Å². The fraction of sp³-hybridized carbons (Fsp3) is 0.0556. The lowest BCUT2D eigenvalue weighted by Gasteiger charge is -2.08. The minimum atomic E-state index is -2.97. The molecule has 1 aromatic heterocycles. The molecule has 138 valence electrons. The molecule has 3 rings (SSSR count). The number of aromatic nitrogens is 2. The van der Waals surface area contributed by atoms with E-state index in [1.54, 1.807) is 36.4 Å². The molecule has 9 heteroatoms. The van der Waals surface area contributed by atoms with E-state index in [0.717, 1.165) is 6.08 Å². The van der Waals surface area contributed by atoms with E-state index in [9.17, 15) is 13.6 Å². The molecule has 0 aliphatic heterocycles. The number of hydrogen-bond donors (Lipinski definition) is 0. The third kappa shape index (κ3) is 5.20. The monoisotopic (exact) mass is 436 g/mol. The number of carbonyl (C=O) groups is 1. The molecular formula is C18H11BrF2N2O4. The molecule has 0 atom stereocenters. The second-order valence-corrected chi connectivity index (χ2v) is 6.00. The summed E-state index contributed by atoms with van der Waals surface area (Å²) >= 11 is 3.24. The number of ether oxygens (including phenoxy) is 2. The van der Waals surface area contributed by atoms with Crippen LogP contribution in [0.2, 0.25) is 0 Å². The predicted molar refractivity (Wildman–Crippen MR) is 95.2 cm³/mol. The van der Waals surface area contributed by atoms with Crippen molar-refractivity contribution in [2.45, 2.75) is 6.61 Å². The maximum absolute atomic E-state index is 12.5. The molecule has 6 nitrogen and oxygen atoms in total. The molecule has 0 amide bonds. The van der Waals surface area contributed by atoms with Crippen molar-refractivity contribution in [3.63, 3.8) is 0 Å². The van der Waals surface area contributed by atoms with Gasteiger partial charge in [-0.1, -0.05) is 15.9 Å². The third-order valence-electron chi connectivity index (χ3n) is 3.27. The standard InChI is InChI=1S/C18H11BrF2N2O4/c19-13-4-7-15(27-18(20)21)12(9-13)3-8-16(24)26-14-5-1-11(2-6-14)17-23-22-10-25-17/h1-10,18H/b8-3+. The van der Waals surface area contributed by atoms with E-state index >= 15 is 0 Å². The Labute approximate surface area is 160 Å². The van der Waals surface area contributed by atoms with Gasteiger partial charge < -0.3 is 13.9 Å². The van der Waals surface area contributed by atoms with E-state index in [1.807, 2.05) is 0 Å². The van der Waals surface area contributed by atoms with Gasteiger partial charge in [-0.05, 0) is 48.5 Å². The number of nitrogens with zero attached hydrogens (tertiary/aromatic N) is 2. The van der Waals surface area contributed by atoms with Crippen LogP contribution >= 0.6 is 15.9 Å². The second kappa shape index (κ2) is 8.54. The van der Waals surface area contributed by atoms with Crippen LogP contribution in [0.3, 0.4) is 0 Å². The quantitative estimate of drug-likeness (QED) is 0.316. The minimum Gasteiger partial charge on any atom is -0.434 e. The second-order valence-electron chi connectivity index (χ2n) is 5.08. The average Bonchev–Trinajstić information content (AvgIpc) is 3.17. The van der Waals surface area contributed by atoms with Gasteiger partial charge in [0.25, 0.3) is 0 Å². The number of alkyl halides is 2. The first kappa shape index (κ1) is 18.7.